The molecule has 0 aromatic heterocycles. The normalized spacial score (nSPS) is 15.2. The molecular weight excluding hydrogens is 362 g/mol. The lowest BCUT2D eigenvalue weighted by Gasteiger charge is -2.13. The van der Waals surface area contributed by atoms with Crippen LogP contribution in [0.2, 0.25) is 0 Å². The largest absolute Gasteiger partial charge is 0.319 e. The summed E-state index contributed by atoms with van der Waals surface area (Å²) >= 11 is 0. The summed E-state index contributed by atoms with van der Waals surface area (Å²) < 4.78 is 55.1. The number of halogens is 2. The lowest BCUT2D eigenvalue weighted by molar-refractivity contribution is 0.102. The fourth-order valence-corrected chi connectivity index (χ4v) is 4.25. The van der Waals surface area contributed by atoms with Crippen LogP contribution in [0.25, 0.3) is 0 Å². The van der Waals surface area contributed by atoms with Gasteiger partial charge in [-0.25, -0.2) is 21.9 Å². The van der Waals surface area contributed by atoms with Gasteiger partial charge >= 0.3 is 0 Å². The molecule has 138 valence electrons. The van der Waals surface area contributed by atoms with Crippen molar-refractivity contribution in [2.75, 3.05) is 5.32 Å². The summed E-state index contributed by atoms with van der Waals surface area (Å²) in [5.74, 6) is -2.46. The van der Waals surface area contributed by atoms with E-state index in [1.165, 1.54) is 24.3 Å². The van der Waals surface area contributed by atoms with Crippen molar-refractivity contribution in [2.24, 2.45) is 0 Å². The lowest BCUT2D eigenvalue weighted by Crippen LogP contribution is -2.32. The number of sulfonamides is 1. The molecule has 2 aromatic rings. The highest BCUT2D eigenvalue weighted by Crippen LogP contribution is 2.23. The molecule has 5 nitrogen and oxygen atoms in total. The maximum Gasteiger partial charge on any atom is 0.258 e. The van der Waals surface area contributed by atoms with Crippen LogP contribution in [0.5, 0.6) is 0 Å². The van der Waals surface area contributed by atoms with Crippen molar-refractivity contribution in [3.63, 3.8) is 0 Å². The quantitative estimate of drug-likeness (QED) is 0.834. The number of amides is 1. The molecule has 1 amide bonds. The number of rotatable bonds is 5. The van der Waals surface area contributed by atoms with Crippen molar-refractivity contribution in [1.82, 2.24) is 4.72 Å². The minimum absolute atomic E-state index is 0.136. The Bertz CT molecular complexity index is 926. The van der Waals surface area contributed by atoms with Gasteiger partial charge in [0, 0.05) is 6.04 Å². The van der Waals surface area contributed by atoms with Gasteiger partial charge in [-0.05, 0) is 43.2 Å². The predicted octanol–water partition coefficient (Wildman–Crippen LogP) is 3.44. The molecule has 1 aliphatic rings. The zero-order chi connectivity index (χ0) is 18.7. The second-order valence-corrected chi connectivity index (χ2v) is 7.89. The first-order valence-corrected chi connectivity index (χ1v) is 9.73. The van der Waals surface area contributed by atoms with Crippen LogP contribution in [-0.4, -0.2) is 20.4 Å². The number of hydrogen-bond donors (Lipinski definition) is 2. The molecule has 8 heteroatoms. The van der Waals surface area contributed by atoms with Crippen LogP contribution in [0.15, 0.2) is 47.4 Å². The maximum atomic E-state index is 14.3. The van der Waals surface area contributed by atoms with Crippen LogP contribution < -0.4 is 10.0 Å². The molecular formula is C18H18F2N2O3S. The van der Waals surface area contributed by atoms with Gasteiger partial charge in [-0.2, -0.15) is 0 Å². The van der Waals surface area contributed by atoms with E-state index in [0.717, 1.165) is 43.9 Å². The Morgan fingerprint density at radius 3 is 2.35 bits per heavy atom. The average molecular weight is 380 g/mol. The second-order valence-electron chi connectivity index (χ2n) is 6.18. The van der Waals surface area contributed by atoms with Gasteiger partial charge in [-0.1, -0.05) is 25.0 Å². The average Bonchev–Trinajstić information content (AvgIpc) is 3.09. The predicted molar refractivity (Wildman–Crippen MR) is 93.3 cm³/mol. The molecule has 3 rings (SSSR count). The lowest BCUT2D eigenvalue weighted by atomic mass is 10.2. The Morgan fingerprint density at radius 2 is 1.69 bits per heavy atom. The topological polar surface area (TPSA) is 75.3 Å². The minimum atomic E-state index is -3.83. The van der Waals surface area contributed by atoms with Gasteiger partial charge < -0.3 is 5.32 Å². The van der Waals surface area contributed by atoms with E-state index in [4.69, 9.17) is 0 Å². The molecule has 0 aliphatic heterocycles. The van der Waals surface area contributed by atoms with Crippen LogP contribution in [0.1, 0.15) is 36.0 Å². The third-order valence-electron chi connectivity index (χ3n) is 4.29. The van der Waals surface area contributed by atoms with Gasteiger partial charge in [0.1, 0.15) is 11.6 Å². The molecule has 0 spiro atoms. The molecule has 0 radical (unpaired) electrons. The number of carbonyl (C=O) groups excluding carboxylic acids is 1. The summed E-state index contributed by atoms with van der Waals surface area (Å²) in [7, 11) is -3.83. The molecule has 0 heterocycles. The molecule has 0 saturated heterocycles. The van der Waals surface area contributed by atoms with Crippen LogP contribution in [0.4, 0.5) is 14.5 Å². The molecule has 26 heavy (non-hydrogen) atoms. The summed E-state index contributed by atoms with van der Waals surface area (Å²) in [5.41, 5.74) is -0.454. The van der Waals surface area contributed by atoms with E-state index in [9.17, 15) is 22.0 Å². The Kier molecular flexibility index (Phi) is 5.33. The first kappa shape index (κ1) is 18.5. The molecule has 1 fully saturated rings. The van der Waals surface area contributed by atoms with E-state index in [0.29, 0.717) is 0 Å². The van der Waals surface area contributed by atoms with Gasteiger partial charge in [0.2, 0.25) is 10.0 Å². The first-order valence-electron chi connectivity index (χ1n) is 8.24. The van der Waals surface area contributed by atoms with E-state index in [-0.39, 0.29) is 22.2 Å². The smallest absolute Gasteiger partial charge is 0.258 e. The molecule has 0 unspecified atom stereocenters. The van der Waals surface area contributed by atoms with Crippen molar-refractivity contribution in [1.29, 1.82) is 0 Å². The summed E-state index contributed by atoms with van der Waals surface area (Å²) in [6.07, 6.45) is 3.45. The van der Waals surface area contributed by atoms with Crippen molar-refractivity contribution in [3.8, 4) is 0 Å². The summed E-state index contributed by atoms with van der Waals surface area (Å²) in [6.45, 7) is 0. The van der Waals surface area contributed by atoms with Crippen molar-refractivity contribution in [3.05, 3.63) is 59.7 Å². The standard InChI is InChI=1S/C18H18F2N2O3S/c19-15-8-4-3-7-14(15)18(23)21-17-10-9-13(11-16(17)20)26(24,25)22-12-5-1-2-6-12/h3-4,7-12,22H,1-2,5-6H2,(H,21,23). The second kappa shape index (κ2) is 7.51. The van der Waals surface area contributed by atoms with Gasteiger partial charge in [-0.3, -0.25) is 4.79 Å². The number of carbonyl (C=O) groups is 1. The van der Waals surface area contributed by atoms with Crippen LogP contribution in [-0.2, 0) is 10.0 Å². The van der Waals surface area contributed by atoms with Gasteiger partial charge in [0.05, 0.1) is 16.1 Å². The van der Waals surface area contributed by atoms with Crippen molar-refractivity contribution >= 4 is 21.6 Å². The number of hydrogen-bond acceptors (Lipinski definition) is 3. The van der Waals surface area contributed by atoms with Crippen LogP contribution in [0, 0.1) is 11.6 Å². The number of nitrogens with one attached hydrogen (secondary N) is 2. The van der Waals surface area contributed by atoms with E-state index < -0.39 is 27.6 Å². The molecule has 2 aromatic carbocycles. The third-order valence-corrected chi connectivity index (χ3v) is 5.81. The molecule has 1 aliphatic carbocycles. The van der Waals surface area contributed by atoms with Crippen LogP contribution >= 0.6 is 0 Å². The first-order chi connectivity index (χ1) is 12.4. The van der Waals surface area contributed by atoms with Crippen LogP contribution in [0.3, 0.4) is 0 Å². The maximum absolute atomic E-state index is 14.3. The summed E-state index contributed by atoms with van der Waals surface area (Å²) in [5, 5.41) is 2.25. The minimum Gasteiger partial charge on any atom is -0.319 e. The van der Waals surface area contributed by atoms with E-state index in [2.05, 4.69) is 10.0 Å². The molecule has 1 saturated carbocycles. The molecule has 2 N–H and O–H groups in total. The SMILES string of the molecule is O=C(Nc1ccc(S(=O)(=O)NC2CCCC2)cc1F)c1ccccc1F. The van der Waals surface area contributed by atoms with E-state index >= 15 is 0 Å². The van der Waals surface area contributed by atoms with Gasteiger partial charge in [-0.15, -0.1) is 0 Å². The summed E-state index contributed by atoms with van der Waals surface area (Å²) in [4.78, 5) is 11.8. The fraction of sp³-hybridized carbons (Fsp3) is 0.278. The highest BCUT2D eigenvalue weighted by Gasteiger charge is 2.24. The van der Waals surface area contributed by atoms with Crippen molar-refractivity contribution < 1.29 is 22.0 Å². The zero-order valence-corrected chi connectivity index (χ0v) is 14.7. The Balaban J connectivity index is 1.77. The van der Waals surface area contributed by atoms with Gasteiger partial charge in [0.25, 0.3) is 5.91 Å². The van der Waals surface area contributed by atoms with E-state index in [1.807, 2.05) is 0 Å². The molecule has 0 bridgehead atoms. The fourth-order valence-electron chi connectivity index (χ4n) is 2.93. The van der Waals surface area contributed by atoms with E-state index in [1.54, 1.807) is 0 Å². The van der Waals surface area contributed by atoms with Crippen molar-refractivity contribution in [2.45, 2.75) is 36.6 Å². The third kappa shape index (κ3) is 4.08. The Morgan fingerprint density at radius 1 is 1.00 bits per heavy atom. The zero-order valence-electron chi connectivity index (χ0n) is 13.8. The number of benzene rings is 2. The Hall–Kier alpha value is -2.32. The highest BCUT2D eigenvalue weighted by molar-refractivity contribution is 7.89. The highest BCUT2D eigenvalue weighted by atomic mass is 32.2. The summed E-state index contributed by atoms with van der Waals surface area (Å²) in [6, 6.07) is 8.37. The van der Waals surface area contributed by atoms with Gasteiger partial charge in [0.15, 0.2) is 0 Å². The number of anilines is 1. The molecule has 0 atom stereocenters. The Labute approximate surface area is 150 Å². The monoisotopic (exact) mass is 380 g/mol.